The summed E-state index contributed by atoms with van der Waals surface area (Å²) in [5.74, 6) is 0. The van der Waals surface area contributed by atoms with Gasteiger partial charge in [-0.2, -0.15) is 13.2 Å². The van der Waals surface area contributed by atoms with E-state index in [-0.39, 0.29) is 18.3 Å². The molecule has 1 fully saturated rings. The van der Waals surface area contributed by atoms with E-state index in [1.165, 1.54) is 6.07 Å². The highest BCUT2D eigenvalue weighted by molar-refractivity contribution is 5.57. The number of benzene rings is 1. The van der Waals surface area contributed by atoms with Gasteiger partial charge in [-0.25, -0.2) is 0 Å². The van der Waals surface area contributed by atoms with Crippen LogP contribution in [0.2, 0.25) is 0 Å². The molecule has 0 aliphatic carbocycles. The Morgan fingerprint density at radius 2 is 2.10 bits per heavy atom. The third kappa shape index (κ3) is 3.26. The largest absolute Gasteiger partial charge is 0.423 e. The van der Waals surface area contributed by atoms with Gasteiger partial charge in [0.25, 0.3) is 5.69 Å². The summed E-state index contributed by atoms with van der Waals surface area (Å²) in [4.78, 5) is 11.4. The Kier molecular flexibility index (Phi) is 4.36. The Labute approximate surface area is 119 Å². The highest BCUT2D eigenvalue weighted by Gasteiger charge is 2.39. The maximum absolute atomic E-state index is 13.0. The quantitative estimate of drug-likeness (QED) is 0.688. The maximum atomic E-state index is 13.0. The number of rotatable bonds is 3. The topological polar surface area (TPSA) is 66.6 Å². The van der Waals surface area contributed by atoms with E-state index in [4.69, 9.17) is 0 Å². The van der Waals surface area contributed by atoms with Crippen LogP contribution >= 0.6 is 0 Å². The number of aliphatic hydroxyl groups excluding tert-OH is 1. The maximum Gasteiger partial charge on any atom is 0.423 e. The van der Waals surface area contributed by atoms with Crippen LogP contribution in [0.4, 0.5) is 24.5 Å². The number of nitro benzene ring substituents is 1. The van der Waals surface area contributed by atoms with Crippen molar-refractivity contribution in [3.63, 3.8) is 0 Å². The number of aliphatic hydroxyl groups is 1. The fraction of sp³-hybridized carbons (Fsp3) is 0.538. The zero-order chi connectivity index (χ0) is 15.6. The van der Waals surface area contributed by atoms with Gasteiger partial charge in [-0.1, -0.05) is 0 Å². The number of nitro groups is 1. The minimum Gasteiger partial charge on any atom is -0.394 e. The number of hydrogen-bond donors (Lipinski definition) is 1. The number of hydrogen-bond acceptors (Lipinski definition) is 4. The van der Waals surface area contributed by atoms with E-state index >= 15 is 0 Å². The smallest absolute Gasteiger partial charge is 0.394 e. The van der Waals surface area contributed by atoms with Crippen molar-refractivity contribution in [2.75, 3.05) is 18.1 Å². The molecule has 21 heavy (non-hydrogen) atoms. The lowest BCUT2D eigenvalue weighted by Gasteiger charge is -2.36. The van der Waals surface area contributed by atoms with E-state index in [0.717, 1.165) is 25.0 Å². The highest BCUT2D eigenvalue weighted by atomic mass is 19.4. The summed E-state index contributed by atoms with van der Waals surface area (Å²) in [5, 5.41) is 20.1. The summed E-state index contributed by atoms with van der Waals surface area (Å²) in [7, 11) is 0. The Bertz CT molecular complexity index is 534. The first kappa shape index (κ1) is 15.6. The molecule has 116 valence electrons. The van der Waals surface area contributed by atoms with Crippen molar-refractivity contribution in [2.45, 2.75) is 31.5 Å². The summed E-state index contributed by atoms with van der Waals surface area (Å²) >= 11 is 0. The molecule has 1 aliphatic heterocycles. The van der Waals surface area contributed by atoms with Gasteiger partial charge in [-0.15, -0.1) is 0 Å². The standard InChI is InChI=1S/C13H15F3N2O3/c14-13(15,16)11-7-9(4-5-12(11)18(20)21)17-6-2-1-3-10(17)8-19/h4-5,7,10,19H,1-3,6,8H2. The van der Waals surface area contributed by atoms with Gasteiger partial charge in [0.05, 0.1) is 17.6 Å². The molecule has 5 nitrogen and oxygen atoms in total. The first-order valence-corrected chi connectivity index (χ1v) is 6.57. The number of anilines is 1. The molecule has 1 aromatic carbocycles. The van der Waals surface area contributed by atoms with E-state index in [2.05, 4.69) is 0 Å². The first-order valence-electron chi connectivity index (χ1n) is 6.57. The summed E-state index contributed by atoms with van der Waals surface area (Å²) in [6, 6.07) is 2.73. The molecule has 1 atom stereocenters. The summed E-state index contributed by atoms with van der Waals surface area (Å²) in [6.45, 7) is 0.374. The average molecular weight is 304 g/mol. The Balaban J connectivity index is 2.44. The lowest BCUT2D eigenvalue weighted by Crippen LogP contribution is -2.42. The second-order valence-corrected chi connectivity index (χ2v) is 4.98. The van der Waals surface area contributed by atoms with Crippen LogP contribution in [0.1, 0.15) is 24.8 Å². The number of piperidine rings is 1. The van der Waals surface area contributed by atoms with Gasteiger partial charge in [-0.3, -0.25) is 10.1 Å². The molecule has 0 spiro atoms. The minimum atomic E-state index is -4.79. The Morgan fingerprint density at radius 3 is 2.67 bits per heavy atom. The molecule has 0 amide bonds. The Hall–Kier alpha value is -1.83. The minimum absolute atomic E-state index is 0.154. The van der Waals surface area contributed by atoms with E-state index in [0.29, 0.717) is 13.0 Å². The molecule has 1 saturated heterocycles. The van der Waals surface area contributed by atoms with Crippen molar-refractivity contribution in [1.82, 2.24) is 0 Å². The predicted octanol–water partition coefficient (Wildman–Crippen LogP) is 2.96. The second kappa shape index (κ2) is 5.88. The van der Waals surface area contributed by atoms with Crippen LogP contribution in [-0.4, -0.2) is 29.2 Å². The first-order chi connectivity index (χ1) is 9.84. The molecule has 1 aliphatic rings. The van der Waals surface area contributed by atoms with E-state index in [1.807, 2.05) is 0 Å². The van der Waals surface area contributed by atoms with Crippen molar-refractivity contribution >= 4 is 11.4 Å². The lowest BCUT2D eigenvalue weighted by molar-refractivity contribution is -0.388. The second-order valence-electron chi connectivity index (χ2n) is 4.98. The normalized spacial score (nSPS) is 19.6. The van der Waals surface area contributed by atoms with Crippen LogP contribution in [0, 0.1) is 10.1 Å². The summed E-state index contributed by atoms with van der Waals surface area (Å²) in [6.07, 6.45) is -2.38. The van der Waals surface area contributed by atoms with Gasteiger partial charge in [0, 0.05) is 18.3 Å². The van der Waals surface area contributed by atoms with Crippen molar-refractivity contribution in [3.8, 4) is 0 Å². The molecule has 1 N–H and O–H groups in total. The fourth-order valence-corrected chi connectivity index (χ4v) is 2.62. The molecule has 0 bridgehead atoms. The third-order valence-corrected chi connectivity index (χ3v) is 3.65. The van der Waals surface area contributed by atoms with Crippen molar-refractivity contribution < 1.29 is 23.2 Å². The van der Waals surface area contributed by atoms with Gasteiger partial charge >= 0.3 is 6.18 Å². The van der Waals surface area contributed by atoms with Crippen LogP contribution in [0.25, 0.3) is 0 Å². The average Bonchev–Trinajstić information content (AvgIpc) is 2.45. The molecular weight excluding hydrogens is 289 g/mol. The Morgan fingerprint density at radius 1 is 1.38 bits per heavy atom. The van der Waals surface area contributed by atoms with Crippen LogP contribution in [0.15, 0.2) is 18.2 Å². The van der Waals surface area contributed by atoms with Crippen LogP contribution in [-0.2, 0) is 6.18 Å². The van der Waals surface area contributed by atoms with Crippen molar-refractivity contribution in [3.05, 3.63) is 33.9 Å². The van der Waals surface area contributed by atoms with Crippen LogP contribution < -0.4 is 4.90 Å². The molecule has 2 rings (SSSR count). The summed E-state index contributed by atoms with van der Waals surface area (Å²) < 4.78 is 38.9. The van der Waals surface area contributed by atoms with E-state index in [1.54, 1.807) is 4.90 Å². The zero-order valence-corrected chi connectivity index (χ0v) is 11.1. The summed E-state index contributed by atoms with van der Waals surface area (Å²) in [5.41, 5.74) is -1.96. The van der Waals surface area contributed by atoms with Crippen LogP contribution in [0.5, 0.6) is 0 Å². The molecule has 1 unspecified atom stereocenters. The molecule has 1 heterocycles. The van der Waals surface area contributed by atoms with Gasteiger partial charge in [0.15, 0.2) is 0 Å². The van der Waals surface area contributed by atoms with E-state index < -0.39 is 22.4 Å². The molecular formula is C13H15F3N2O3. The third-order valence-electron chi connectivity index (χ3n) is 3.65. The molecule has 8 heteroatoms. The highest BCUT2D eigenvalue weighted by Crippen LogP contribution is 2.39. The zero-order valence-electron chi connectivity index (χ0n) is 11.1. The predicted molar refractivity (Wildman–Crippen MR) is 70.2 cm³/mol. The van der Waals surface area contributed by atoms with Crippen LogP contribution in [0.3, 0.4) is 0 Å². The number of alkyl halides is 3. The molecule has 0 aromatic heterocycles. The van der Waals surface area contributed by atoms with Gasteiger partial charge in [0.2, 0.25) is 0 Å². The van der Waals surface area contributed by atoms with E-state index in [9.17, 15) is 28.4 Å². The fourth-order valence-electron chi connectivity index (χ4n) is 2.62. The van der Waals surface area contributed by atoms with Crippen molar-refractivity contribution in [2.24, 2.45) is 0 Å². The van der Waals surface area contributed by atoms with Crippen molar-refractivity contribution in [1.29, 1.82) is 0 Å². The van der Waals surface area contributed by atoms with Gasteiger partial charge < -0.3 is 10.0 Å². The van der Waals surface area contributed by atoms with Gasteiger partial charge in [0.1, 0.15) is 5.56 Å². The SMILES string of the molecule is O=[N+]([O-])c1ccc(N2CCCCC2CO)cc1C(F)(F)F. The monoisotopic (exact) mass is 304 g/mol. The number of nitrogens with zero attached hydrogens (tertiary/aromatic N) is 2. The molecule has 0 radical (unpaired) electrons. The number of halogens is 3. The molecule has 0 saturated carbocycles. The molecule has 1 aromatic rings. The lowest BCUT2D eigenvalue weighted by atomic mass is 10.0. The van der Waals surface area contributed by atoms with Gasteiger partial charge in [-0.05, 0) is 31.4 Å².